The fraction of sp³-hybridized carbons (Fsp3) is 0.200. The highest BCUT2D eigenvalue weighted by Crippen LogP contribution is 2.36. The van der Waals surface area contributed by atoms with E-state index in [2.05, 4.69) is 5.32 Å². The molecule has 3 rings (SSSR count). The lowest BCUT2D eigenvalue weighted by atomic mass is 10.2. The monoisotopic (exact) mass is 440 g/mol. The van der Waals surface area contributed by atoms with Crippen molar-refractivity contribution in [3.05, 3.63) is 76.6 Å². The third-order valence-electron chi connectivity index (χ3n) is 4.06. The number of hydrogen-bond acceptors (Lipinski definition) is 4. The van der Waals surface area contributed by atoms with Crippen molar-refractivity contribution in [3.63, 3.8) is 0 Å². The normalized spacial score (nSPS) is 11.4. The van der Waals surface area contributed by atoms with Crippen molar-refractivity contribution >= 4 is 29.1 Å². The van der Waals surface area contributed by atoms with E-state index in [-0.39, 0.29) is 18.0 Å². The minimum absolute atomic E-state index is 0.0257. The molecule has 10 heteroatoms. The second-order valence-electron chi connectivity index (χ2n) is 6.39. The van der Waals surface area contributed by atoms with Crippen LogP contribution in [-0.4, -0.2) is 23.3 Å². The number of nitrogens with zero attached hydrogens (tertiary/aromatic N) is 1. The van der Waals surface area contributed by atoms with E-state index in [0.29, 0.717) is 11.5 Å². The number of alkyl halides is 3. The molecule has 0 unspecified atom stereocenters. The van der Waals surface area contributed by atoms with E-state index in [1.807, 2.05) is 0 Å². The van der Waals surface area contributed by atoms with Crippen molar-refractivity contribution in [2.75, 3.05) is 11.9 Å². The van der Waals surface area contributed by atoms with Crippen LogP contribution < -0.4 is 5.32 Å². The molecule has 1 aromatic carbocycles. The molecule has 2 amide bonds. The van der Waals surface area contributed by atoms with Crippen molar-refractivity contribution in [1.29, 1.82) is 0 Å². The van der Waals surface area contributed by atoms with Crippen LogP contribution in [0.25, 0.3) is 0 Å². The summed E-state index contributed by atoms with van der Waals surface area (Å²) >= 11 is 5.59. The van der Waals surface area contributed by atoms with Crippen molar-refractivity contribution in [2.45, 2.75) is 19.6 Å². The topological polar surface area (TPSA) is 75.7 Å². The molecule has 0 bridgehead atoms. The van der Waals surface area contributed by atoms with Gasteiger partial charge in [0.25, 0.3) is 5.91 Å². The summed E-state index contributed by atoms with van der Waals surface area (Å²) < 4.78 is 49.6. The van der Waals surface area contributed by atoms with E-state index >= 15 is 0 Å². The Morgan fingerprint density at radius 1 is 1.17 bits per heavy atom. The fourth-order valence-corrected chi connectivity index (χ4v) is 2.91. The molecule has 0 fully saturated rings. The molecule has 1 N–H and O–H groups in total. The minimum Gasteiger partial charge on any atom is -0.467 e. The largest absolute Gasteiger partial charge is 0.467 e. The first-order chi connectivity index (χ1) is 14.1. The van der Waals surface area contributed by atoms with Crippen LogP contribution in [0.3, 0.4) is 0 Å². The number of furan rings is 2. The highest BCUT2D eigenvalue weighted by Gasteiger charge is 2.33. The molecule has 0 saturated heterocycles. The van der Waals surface area contributed by atoms with Crippen molar-refractivity contribution in [2.24, 2.45) is 0 Å². The Labute approximate surface area is 174 Å². The average Bonchev–Trinajstić information content (AvgIpc) is 3.33. The van der Waals surface area contributed by atoms with Crippen LogP contribution in [0, 0.1) is 6.92 Å². The number of benzene rings is 1. The molecule has 0 atom stereocenters. The standard InChI is InChI=1S/C20H16ClF3N2O4/c1-12-4-7-17(30-12)19(28)26(10-14-3-2-8-29-14)11-18(27)25-13-5-6-16(21)15(9-13)20(22,23)24/h2-9H,10-11H2,1H3,(H,25,27). The molecular weight excluding hydrogens is 425 g/mol. The number of nitrogens with one attached hydrogen (secondary N) is 1. The summed E-state index contributed by atoms with van der Waals surface area (Å²) in [4.78, 5) is 26.4. The molecule has 3 aromatic rings. The Morgan fingerprint density at radius 2 is 1.93 bits per heavy atom. The third kappa shape index (κ3) is 5.24. The van der Waals surface area contributed by atoms with Gasteiger partial charge in [0.15, 0.2) is 5.76 Å². The summed E-state index contributed by atoms with van der Waals surface area (Å²) in [6.07, 6.45) is -3.25. The quantitative estimate of drug-likeness (QED) is 0.576. The van der Waals surface area contributed by atoms with Crippen LogP contribution in [0.1, 0.15) is 27.6 Å². The molecule has 2 heterocycles. The van der Waals surface area contributed by atoms with Gasteiger partial charge in [0.05, 0.1) is 23.4 Å². The summed E-state index contributed by atoms with van der Waals surface area (Å²) in [5.74, 6) is -0.306. The van der Waals surface area contributed by atoms with Gasteiger partial charge in [-0.15, -0.1) is 0 Å². The highest BCUT2D eigenvalue weighted by molar-refractivity contribution is 6.31. The van der Waals surface area contributed by atoms with Gasteiger partial charge in [-0.2, -0.15) is 13.2 Å². The Balaban J connectivity index is 1.77. The SMILES string of the molecule is Cc1ccc(C(=O)N(CC(=O)Nc2ccc(Cl)c(C(F)(F)F)c2)Cc2ccco2)o1. The molecule has 0 aliphatic carbocycles. The third-order valence-corrected chi connectivity index (χ3v) is 4.38. The predicted molar refractivity (Wildman–Crippen MR) is 102 cm³/mol. The minimum atomic E-state index is -4.67. The number of anilines is 1. The number of aryl methyl sites for hydroxylation is 1. The number of carbonyl (C=O) groups excluding carboxylic acids is 2. The maximum Gasteiger partial charge on any atom is 0.417 e. The first-order valence-electron chi connectivity index (χ1n) is 8.68. The van der Waals surface area contributed by atoms with Gasteiger partial charge in [-0.3, -0.25) is 9.59 Å². The molecule has 30 heavy (non-hydrogen) atoms. The second-order valence-corrected chi connectivity index (χ2v) is 6.80. The van der Waals surface area contributed by atoms with E-state index in [1.165, 1.54) is 18.4 Å². The maximum absolute atomic E-state index is 13.0. The van der Waals surface area contributed by atoms with Gasteiger partial charge in [-0.1, -0.05) is 11.6 Å². The maximum atomic E-state index is 13.0. The summed E-state index contributed by atoms with van der Waals surface area (Å²) in [6, 6.07) is 9.34. The van der Waals surface area contributed by atoms with E-state index < -0.39 is 35.1 Å². The lowest BCUT2D eigenvalue weighted by Gasteiger charge is -2.20. The highest BCUT2D eigenvalue weighted by atomic mass is 35.5. The van der Waals surface area contributed by atoms with Gasteiger partial charge in [-0.05, 0) is 49.4 Å². The summed E-state index contributed by atoms with van der Waals surface area (Å²) in [7, 11) is 0. The van der Waals surface area contributed by atoms with Crippen molar-refractivity contribution in [3.8, 4) is 0 Å². The molecule has 0 radical (unpaired) electrons. The van der Waals surface area contributed by atoms with Gasteiger partial charge in [0.2, 0.25) is 5.91 Å². The van der Waals surface area contributed by atoms with E-state index in [1.54, 1.807) is 25.1 Å². The summed E-state index contributed by atoms with van der Waals surface area (Å²) in [6.45, 7) is 1.19. The molecule has 158 valence electrons. The van der Waals surface area contributed by atoms with Crippen LogP contribution in [0.2, 0.25) is 5.02 Å². The van der Waals surface area contributed by atoms with E-state index in [4.69, 9.17) is 20.4 Å². The first-order valence-corrected chi connectivity index (χ1v) is 9.06. The van der Waals surface area contributed by atoms with Crippen LogP contribution in [0.4, 0.5) is 18.9 Å². The van der Waals surface area contributed by atoms with Crippen molar-refractivity contribution in [1.82, 2.24) is 4.90 Å². The Morgan fingerprint density at radius 3 is 2.53 bits per heavy atom. The molecule has 0 spiro atoms. The lowest BCUT2D eigenvalue weighted by Crippen LogP contribution is -2.37. The zero-order valence-electron chi connectivity index (χ0n) is 15.6. The van der Waals surface area contributed by atoms with E-state index in [9.17, 15) is 22.8 Å². The van der Waals surface area contributed by atoms with Gasteiger partial charge in [-0.25, -0.2) is 0 Å². The Kier molecular flexibility index (Phi) is 6.21. The zero-order valence-corrected chi connectivity index (χ0v) is 16.4. The number of hydrogen-bond donors (Lipinski definition) is 1. The van der Waals surface area contributed by atoms with Crippen molar-refractivity contribution < 1.29 is 31.6 Å². The predicted octanol–water partition coefficient (Wildman–Crippen LogP) is 5.13. The molecule has 0 aliphatic rings. The number of halogens is 4. The number of amides is 2. The van der Waals surface area contributed by atoms with Crippen LogP contribution in [-0.2, 0) is 17.5 Å². The lowest BCUT2D eigenvalue weighted by molar-refractivity contribution is -0.137. The average molecular weight is 441 g/mol. The summed E-state index contributed by atoms with van der Waals surface area (Å²) in [5, 5.41) is 1.87. The summed E-state index contributed by atoms with van der Waals surface area (Å²) in [5.41, 5.74) is -1.17. The van der Waals surface area contributed by atoms with Gasteiger partial charge in [0.1, 0.15) is 18.1 Å². The van der Waals surface area contributed by atoms with E-state index in [0.717, 1.165) is 17.0 Å². The van der Waals surface area contributed by atoms with Crippen LogP contribution >= 0.6 is 11.6 Å². The smallest absolute Gasteiger partial charge is 0.417 e. The number of rotatable bonds is 6. The molecule has 0 saturated carbocycles. The van der Waals surface area contributed by atoms with Gasteiger partial charge < -0.3 is 19.1 Å². The van der Waals surface area contributed by atoms with Crippen LogP contribution in [0.5, 0.6) is 0 Å². The molecule has 2 aromatic heterocycles. The molecule has 6 nitrogen and oxygen atoms in total. The second kappa shape index (κ2) is 8.66. The number of carbonyl (C=O) groups is 2. The van der Waals surface area contributed by atoms with Crippen LogP contribution in [0.15, 0.2) is 57.6 Å². The van der Waals surface area contributed by atoms with Gasteiger partial charge in [0, 0.05) is 5.69 Å². The Bertz CT molecular complexity index is 1040. The molecule has 0 aliphatic heterocycles. The van der Waals surface area contributed by atoms with Gasteiger partial charge >= 0.3 is 6.18 Å². The fourth-order valence-electron chi connectivity index (χ4n) is 2.69. The first kappa shape index (κ1) is 21.5. The molecular formula is C20H16ClF3N2O4. The zero-order chi connectivity index (χ0) is 21.9. The Hall–Kier alpha value is -3.20.